The Hall–Kier alpha value is -3.40. The standard InChI is InChI=1S/C10H17N3.C8H16N2O2.C8H11N.C6H13NO/c1-7(2)9-5-6-11-10(13-9)12-8(3)4;1-5(2)7(6(3)4)10-12-8(9)11;1-7(2)8-3-5-9-6-4-8;1-4(2)6(8)5(3)7/h5-8H,1-4H3,(H,11,12,13);5-6H,1-4H3,(H2,9,11);3-7H,1-2H3;4-5H,7H2,1-3H3. The van der Waals surface area contributed by atoms with Crippen LogP contribution in [0, 0.1) is 17.8 Å². The van der Waals surface area contributed by atoms with Crippen LogP contribution in [0.25, 0.3) is 0 Å². The summed E-state index contributed by atoms with van der Waals surface area (Å²) >= 11 is 0. The molecule has 0 fully saturated rings. The van der Waals surface area contributed by atoms with Crippen LogP contribution in [0.4, 0.5) is 10.7 Å². The van der Waals surface area contributed by atoms with Crippen molar-refractivity contribution in [2.45, 2.75) is 114 Å². The zero-order valence-corrected chi connectivity index (χ0v) is 28.2. The summed E-state index contributed by atoms with van der Waals surface area (Å²) < 4.78 is 0. The Morgan fingerprint density at radius 2 is 1.31 bits per heavy atom. The van der Waals surface area contributed by atoms with Crippen molar-refractivity contribution in [1.82, 2.24) is 15.0 Å². The highest BCUT2D eigenvalue weighted by Crippen LogP contribution is 2.12. The quantitative estimate of drug-likeness (QED) is 0.162. The Labute approximate surface area is 254 Å². The minimum atomic E-state index is -0.867. The predicted molar refractivity (Wildman–Crippen MR) is 174 cm³/mol. The van der Waals surface area contributed by atoms with Crippen LogP contribution in [0.2, 0.25) is 0 Å². The molecule has 0 aliphatic heterocycles. The molecule has 0 spiro atoms. The number of hydrogen-bond acceptors (Lipinski definition) is 9. The van der Waals surface area contributed by atoms with Gasteiger partial charge in [-0.05, 0) is 68.2 Å². The first-order valence-corrected chi connectivity index (χ1v) is 14.7. The molecule has 0 radical (unpaired) electrons. The summed E-state index contributed by atoms with van der Waals surface area (Å²) in [6.07, 6.45) is 4.59. The van der Waals surface area contributed by atoms with E-state index in [9.17, 15) is 9.59 Å². The van der Waals surface area contributed by atoms with Crippen LogP contribution in [0.3, 0.4) is 0 Å². The van der Waals surface area contributed by atoms with Crippen LogP contribution >= 0.6 is 0 Å². The molecule has 1 amide bonds. The van der Waals surface area contributed by atoms with Gasteiger partial charge in [-0.15, -0.1) is 0 Å². The predicted octanol–water partition coefficient (Wildman–Crippen LogP) is 6.93. The molecule has 0 aliphatic rings. The summed E-state index contributed by atoms with van der Waals surface area (Å²) in [6, 6.07) is 6.13. The van der Waals surface area contributed by atoms with Crippen molar-refractivity contribution in [3.63, 3.8) is 0 Å². The van der Waals surface area contributed by atoms with E-state index in [2.05, 4.69) is 71.8 Å². The third kappa shape index (κ3) is 20.5. The number of hydrogen-bond donors (Lipinski definition) is 3. The minimum Gasteiger partial charge on any atom is -0.352 e. The third-order valence-corrected chi connectivity index (χ3v) is 5.50. The van der Waals surface area contributed by atoms with Gasteiger partial charge < -0.3 is 16.8 Å². The van der Waals surface area contributed by atoms with Crippen LogP contribution in [0.15, 0.2) is 41.9 Å². The zero-order chi connectivity index (χ0) is 33.0. The molecular formula is C32H57N7O3. The summed E-state index contributed by atoms with van der Waals surface area (Å²) in [7, 11) is 0. The molecule has 0 aromatic carbocycles. The number of carbonyl (C=O) groups is 2. The first-order chi connectivity index (χ1) is 19.4. The van der Waals surface area contributed by atoms with Crippen LogP contribution in [-0.4, -0.2) is 44.6 Å². The first kappa shape index (κ1) is 40.7. The molecule has 2 aromatic heterocycles. The van der Waals surface area contributed by atoms with Crippen molar-refractivity contribution < 1.29 is 14.4 Å². The number of amides is 1. The Bertz CT molecular complexity index is 1020. The molecule has 10 nitrogen and oxygen atoms in total. The fourth-order valence-corrected chi connectivity index (χ4v) is 3.27. The number of Topliss-reactive ketones (excluding diaryl/α,β-unsaturated/α-hetero) is 1. The van der Waals surface area contributed by atoms with Crippen LogP contribution in [-0.2, 0) is 9.63 Å². The second-order valence-electron chi connectivity index (χ2n) is 11.8. The van der Waals surface area contributed by atoms with Crippen molar-refractivity contribution in [3.8, 4) is 0 Å². The van der Waals surface area contributed by atoms with E-state index >= 15 is 0 Å². The van der Waals surface area contributed by atoms with Gasteiger partial charge in [0.15, 0.2) is 5.78 Å². The van der Waals surface area contributed by atoms with Gasteiger partial charge in [-0.1, -0.05) is 74.4 Å². The van der Waals surface area contributed by atoms with Gasteiger partial charge in [0.05, 0.1) is 11.8 Å². The number of pyridine rings is 1. The topological polar surface area (TPSA) is 158 Å². The van der Waals surface area contributed by atoms with Crippen LogP contribution in [0.5, 0.6) is 0 Å². The van der Waals surface area contributed by atoms with E-state index in [0.717, 1.165) is 17.4 Å². The van der Waals surface area contributed by atoms with Crippen molar-refractivity contribution >= 4 is 23.5 Å². The fraction of sp³-hybridized carbons (Fsp3) is 0.625. The van der Waals surface area contributed by atoms with E-state index in [4.69, 9.17) is 11.5 Å². The number of ketones is 1. The maximum Gasteiger partial charge on any atom is 0.430 e. The highest BCUT2D eigenvalue weighted by atomic mass is 16.7. The number of nitrogens with one attached hydrogen (secondary N) is 1. The van der Waals surface area contributed by atoms with Gasteiger partial charge in [-0.3, -0.25) is 14.6 Å². The molecule has 1 unspecified atom stereocenters. The molecule has 2 aromatic rings. The van der Waals surface area contributed by atoms with E-state index in [1.54, 1.807) is 13.1 Å². The molecular weight excluding hydrogens is 530 g/mol. The molecule has 0 saturated heterocycles. The Balaban J connectivity index is 0. The summed E-state index contributed by atoms with van der Waals surface area (Å²) in [4.78, 5) is 37.8. The van der Waals surface area contributed by atoms with Gasteiger partial charge in [-0.25, -0.2) is 14.8 Å². The highest BCUT2D eigenvalue weighted by Gasteiger charge is 2.11. The number of primary amides is 1. The number of oxime groups is 1. The largest absolute Gasteiger partial charge is 0.430 e. The van der Waals surface area contributed by atoms with Gasteiger partial charge in [0.25, 0.3) is 0 Å². The Morgan fingerprint density at radius 3 is 1.62 bits per heavy atom. The maximum atomic E-state index is 10.7. The molecule has 5 N–H and O–H groups in total. The normalized spacial score (nSPS) is 11.1. The lowest BCUT2D eigenvalue weighted by Crippen LogP contribution is -2.30. The molecule has 42 heavy (non-hydrogen) atoms. The number of nitrogens with zero attached hydrogens (tertiary/aromatic N) is 4. The summed E-state index contributed by atoms with van der Waals surface area (Å²) in [5.41, 5.74) is 13.3. The molecule has 10 heteroatoms. The monoisotopic (exact) mass is 587 g/mol. The SMILES string of the molecule is CC(C)C(=NOC(N)=O)C(C)C.CC(C)C(=O)C(C)N.CC(C)Nc1nccc(C(C)C)n1.CC(C)c1ccncc1. The summed E-state index contributed by atoms with van der Waals surface area (Å²) in [5.74, 6) is 2.54. The average molecular weight is 588 g/mol. The Kier molecular flexibility index (Phi) is 21.6. The molecule has 0 saturated carbocycles. The minimum absolute atomic E-state index is 0.0787. The number of carbonyl (C=O) groups excluding carboxylic acids is 2. The summed E-state index contributed by atoms with van der Waals surface area (Å²) in [5, 5.41) is 6.84. The lowest BCUT2D eigenvalue weighted by Gasteiger charge is -2.11. The molecule has 2 heterocycles. The van der Waals surface area contributed by atoms with Crippen LogP contribution in [0.1, 0.15) is 113 Å². The molecule has 0 bridgehead atoms. The van der Waals surface area contributed by atoms with E-state index in [-0.39, 0.29) is 29.6 Å². The smallest absolute Gasteiger partial charge is 0.352 e. The van der Waals surface area contributed by atoms with Crippen molar-refractivity contribution in [3.05, 3.63) is 48.0 Å². The molecule has 238 valence electrons. The van der Waals surface area contributed by atoms with Gasteiger partial charge in [0.2, 0.25) is 5.95 Å². The lowest BCUT2D eigenvalue weighted by atomic mass is 9.98. The molecule has 2 rings (SSSR count). The van der Waals surface area contributed by atoms with Gasteiger partial charge in [0, 0.05) is 36.2 Å². The fourth-order valence-electron chi connectivity index (χ4n) is 3.27. The average Bonchev–Trinajstić information content (AvgIpc) is 2.89. The number of aromatic nitrogens is 3. The third-order valence-electron chi connectivity index (χ3n) is 5.50. The van der Waals surface area contributed by atoms with E-state index in [0.29, 0.717) is 17.9 Å². The van der Waals surface area contributed by atoms with Gasteiger partial charge >= 0.3 is 6.09 Å². The van der Waals surface area contributed by atoms with Gasteiger partial charge in [0.1, 0.15) is 0 Å². The Morgan fingerprint density at radius 1 is 0.786 bits per heavy atom. The van der Waals surface area contributed by atoms with E-state index in [1.165, 1.54) is 5.56 Å². The molecule has 1 atom stereocenters. The number of nitrogens with two attached hydrogens (primary N) is 2. The van der Waals surface area contributed by atoms with Crippen molar-refractivity contribution in [2.24, 2.45) is 34.4 Å². The van der Waals surface area contributed by atoms with Gasteiger partial charge in [-0.2, -0.15) is 0 Å². The highest BCUT2D eigenvalue weighted by molar-refractivity contribution is 5.88. The first-order valence-electron chi connectivity index (χ1n) is 14.7. The zero-order valence-electron chi connectivity index (χ0n) is 28.2. The molecule has 0 aliphatic carbocycles. The van der Waals surface area contributed by atoms with Crippen molar-refractivity contribution in [2.75, 3.05) is 5.32 Å². The maximum absolute atomic E-state index is 10.7. The second kappa shape index (κ2) is 22.2. The number of anilines is 1. The lowest BCUT2D eigenvalue weighted by molar-refractivity contribution is -0.122. The second-order valence-corrected chi connectivity index (χ2v) is 11.8. The van der Waals surface area contributed by atoms with E-state index in [1.807, 2.05) is 72.1 Å². The summed E-state index contributed by atoms with van der Waals surface area (Å²) in [6.45, 7) is 26.1. The number of rotatable bonds is 9. The van der Waals surface area contributed by atoms with E-state index < -0.39 is 6.09 Å². The van der Waals surface area contributed by atoms with Crippen molar-refractivity contribution in [1.29, 1.82) is 0 Å². The van der Waals surface area contributed by atoms with Crippen LogP contribution < -0.4 is 16.8 Å².